The van der Waals surface area contributed by atoms with Crippen LogP contribution in [0, 0.1) is 5.41 Å². The van der Waals surface area contributed by atoms with Gasteiger partial charge in [0.25, 0.3) is 0 Å². The highest BCUT2D eigenvalue weighted by Gasteiger charge is 2.40. The van der Waals surface area contributed by atoms with E-state index in [9.17, 15) is 0 Å². The fourth-order valence-corrected chi connectivity index (χ4v) is 2.20. The van der Waals surface area contributed by atoms with Gasteiger partial charge in [-0.15, -0.1) is 0 Å². The number of benzene rings is 1. The first kappa shape index (κ1) is 13.9. The first-order valence-electron chi connectivity index (χ1n) is 7.15. The molecule has 0 radical (unpaired) electrons. The lowest BCUT2D eigenvalue weighted by molar-refractivity contribution is 0.463. The van der Waals surface area contributed by atoms with Crippen LogP contribution in [0.25, 0.3) is 0 Å². The van der Waals surface area contributed by atoms with E-state index in [4.69, 9.17) is 4.99 Å². The maximum Gasteiger partial charge on any atom is 0.193 e. The molecule has 3 nitrogen and oxygen atoms in total. The summed E-state index contributed by atoms with van der Waals surface area (Å²) in [6.07, 6.45) is 3.98. The highest BCUT2D eigenvalue weighted by atomic mass is 15.3. The van der Waals surface area contributed by atoms with E-state index < -0.39 is 0 Å². The second kappa shape index (κ2) is 6.09. The quantitative estimate of drug-likeness (QED) is 0.650. The van der Waals surface area contributed by atoms with Gasteiger partial charge < -0.3 is 10.2 Å². The zero-order valence-corrected chi connectivity index (χ0v) is 12.3. The summed E-state index contributed by atoms with van der Waals surface area (Å²) >= 11 is 0. The van der Waals surface area contributed by atoms with Crippen molar-refractivity contribution in [2.75, 3.05) is 20.6 Å². The van der Waals surface area contributed by atoms with E-state index in [1.54, 1.807) is 0 Å². The third kappa shape index (κ3) is 3.98. The Morgan fingerprint density at radius 3 is 2.47 bits per heavy atom. The molecule has 0 aliphatic heterocycles. The van der Waals surface area contributed by atoms with Crippen LogP contribution in [-0.4, -0.2) is 31.5 Å². The number of rotatable bonds is 5. The molecule has 1 aliphatic rings. The van der Waals surface area contributed by atoms with E-state index in [1.165, 1.54) is 24.8 Å². The molecule has 0 amide bonds. The third-order valence-corrected chi connectivity index (χ3v) is 4.01. The Balaban J connectivity index is 1.92. The molecular weight excluding hydrogens is 234 g/mol. The summed E-state index contributed by atoms with van der Waals surface area (Å²) < 4.78 is 0. The fourth-order valence-electron chi connectivity index (χ4n) is 2.20. The number of nitrogens with zero attached hydrogens (tertiary/aromatic N) is 2. The van der Waals surface area contributed by atoms with Gasteiger partial charge in [-0.05, 0) is 30.2 Å². The number of guanidine groups is 1. The summed E-state index contributed by atoms with van der Waals surface area (Å²) in [5, 5.41) is 3.52. The molecule has 2 rings (SSSR count). The van der Waals surface area contributed by atoms with Crippen molar-refractivity contribution in [3.05, 3.63) is 35.9 Å². The van der Waals surface area contributed by atoms with Gasteiger partial charge in [0.1, 0.15) is 0 Å². The standard InChI is InChI=1S/C16H25N3/c1-4-16(10-11-16)13-18-15(19(2)3)17-12-14-8-6-5-7-9-14/h5-9H,4,10-13H2,1-3H3,(H,17,18). The van der Waals surface area contributed by atoms with Crippen LogP contribution >= 0.6 is 0 Å². The Labute approximate surface area is 116 Å². The molecule has 0 aromatic heterocycles. The average molecular weight is 259 g/mol. The van der Waals surface area contributed by atoms with Crippen LogP contribution in [0.1, 0.15) is 31.7 Å². The molecule has 19 heavy (non-hydrogen) atoms. The number of aliphatic imine (C=N–C) groups is 1. The number of hydrogen-bond donors (Lipinski definition) is 1. The molecule has 0 unspecified atom stereocenters. The lowest BCUT2D eigenvalue weighted by Crippen LogP contribution is -2.39. The first-order valence-corrected chi connectivity index (χ1v) is 7.15. The summed E-state index contributed by atoms with van der Waals surface area (Å²) in [6, 6.07) is 10.4. The van der Waals surface area contributed by atoms with Crippen molar-refractivity contribution in [2.24, 2.45) is 10.4 Å². The van der Waals surface area contributed by atoms with Gasteiger partial charge in [0.05, 0.1) is 6.54 Å². The highest BCUT2D eigenvalue weighted by Crippen LogP contribution is 2.47. The summed E-state index contributed by atoms with van der Waals surface area (Å²) in [4.78, 5) is 6.75. The summed E-state index contributed by atoms with van der Waals surface area (Å²) in [7, 11) is 4.09. The molecule has 1 saturated carbocycles. The van der Waals surface area contributed by atoms with Crippen LogP contribution in [0.5, 0.6) is 0 Å². The predicted molar refractivity (Wildman–Crippen MR) is 81.2 cm³/mol. The van der Waals surface area contributed by atoms with E-state index in [0.29, 0.717) is 5.41 Å². The highest BCUT2D eigenvalue weighted by molar-refractivity contribution is 5.79. The fraction of sp³-hybridized carbons (Fsp3) is 0.562. The van der Waals surface area contributed by atoms with Gasteiger partial charge >= 0.3 is 0 Å². The summed E-state index contributed by atoms with van der Waals surface area (Å²) in [5.41, 5.74) is 1.80. The average Bonchev–Trinajstić information content (AvgIpc) is 3.20. The van der Waals surface area contributed by atoms with Crippen molar-refractivity contribution in [3.8, 4) is 0 Å². The second-order valence-electron chi connectivity index (χ2n) is 5.73. The molecule has 3 heteroatoms. The minimum absolute atomic E-state index is 0.545. The smallest absolute Gasteiger partial charge is 0.193 e. The van der Waals surface area contributed by atoms with Crippen LogP contribution in [0.2, 0.25) is 0 Å². The van der Waals surface area contributed by atoms with Crippen molar-refractivity contribution in [1.29, 1.82) is 0 Å². The molecule has 1 aromatic carbocycles. The second-order valence-corrected chi connectivity index (χ2v) is 5.73. The monoisotopic (exact) mass is 259 g/mol. The van der Waals surface area contributed by atoms with Gasteiger partial charge in [0.15, 0.2) is 5.96 Å². The molecule has 0 bridgehead atoms. The topological polar surface area (TPSA) is 27.6 Å². The Morgan fingerprint density at radius 2 is 1.95 bits per heavy atom. The molecule has 1 aliphatic carbocycles. The van der Waals surface area contributed by atoms with Crippen molar-refractivity contribution >= 4 is 5.96 Å². The van der Waals surface area contributed by atoms with E-state index in [1.807, 2.05) is 20.2 Å². The van der Waals surface area contributed by atoms with Crippen LogP contribution in [0.4, 0.5) is 0 Å². The SMILES string of the molecule is CCC1(CNC(=NCc2ccccc2)N(C)C)CC1. The van der Waals surface area contributed by atoms with Gasteiger partial charge in [-0.1, -0.05) is 37.3 Å². The lowest BCUT2D eigenvalue weighted by atomic mass is 10.0. The van der Waals surface area contributed by atoms with Crippen LogP contribution in [0.3, 0.4) is 0 Å². The van der Waals surface area contributed by atoms with Crippen molar-refractivity contribution < 1.29 is 0 Å². The van der Waals surface area contributed by atoms with Crippen LogP contribution < -0.4 is 5.32 Å². The van der Waals surface area contributed by atoms with E-state index in [2.05, 4.69) is 41.4 Å². The normalized spacial score (nSPS) is 17.1. The van der Waals surface area contributed by atoms with E-state index in [-0.39, 0.29) is 0 Å². The van der Waals surface area contributed by atoms with Crippen LogP contribution in [0.15, 0.2) is 35.3 Å². The van der Waals surface area contributed by atoms with Crippen molar-refractivity contribution in [1.82, 2.24) is 10.2 Å². The summed E-state index contributed by atoms with van der Waals surface area (Å²) in [6.45, 7) is 4.07. The molecule has 1 fully saturated rings. The molecule has 0 spiro atoms. The van der Waals surface area contributed by atoms with Gasteiger partial charge in [0, 0.05) is 20.6 Å². The summed E-state index contributed by atoms with van der Waals surface area (Å²) in [5.74, 6) is 0.989. The Hall–Kier alpha value is -1.51. The largest absolute Gasteiger partial charge is 0.356 e. The minimum Gasteiger partial charge on any atom is -0.356 e. The van der Waals surface area contributed by atoms with Gasteiger partial charge in [-0.3, -0.25) is 0 Å². The van der Waals surface area contributed by atoms with E-state index in [0.717, 1.165) is 19.0 Å². The predicted octanol–water partition coefficient (Wildman–Crippen LogP) is 2.88. The van der Waals surface area contributed by atoms with Crippen LogP contribution in [-0.2, 0) is 6.54 Å². The van der Waals surface area contributed by atoms with E-state index >= 15 is 0 Å². The maximum absolute atomic E-state index is 4.69. The third-order valence-electron chi connectivity index (χ3n) is 4.01. The van der Waals surface area contributed by atoms with Gasteiger partial charge in [-0.2, -0.15) is 0 Å². The Morgan fingerprint density at radius 1 is 1.26 bits per heavy atom. The van der Waals surface area contributed by atoms with Gasteiger partial charge in [-0.25, -0.2) is 4.99 Å². The molecule has 0 atom stereocenters. The number of nitrogens with one attached hydrogen (secondary N) is 1. The zero-order valence-electron chi connectivity index (χ0n) is 12.3. The zero-order chi connectivity index (χ0) is 13.7. The van der Waals surface area contributed by atoms with Gasteiger partial charge in [0.2, 0.25) is 0 Å². The first-order chi connectivity index (χ1) is 9.15. The Kier molecular flexibility index (Phi) is 4.46. The molecule has 1 N–H and O–H groups in total. The molecule has 104 valence electrons. The molecule has 1 aromatic rings. The molecule has 0 saturated heterocycles. The number of hydrogen-bond acceptors (Lipinski definition) is 1. The maximum atomic E-state index is 4.69. The Bertz CT molecular complexity index is 419. The minimum atomic E-state index is 0.545. The molecule has 0 heterocycles. The molecular formula is C16H25N3. The lowest BCUT2D eigenvalue weighted by Gasteiger charge is -2.21. The van der Waals surface area contributed by atoms with Crippen molar-refractivity contribution in [2.45, 2.75) is 32.7 Å². The van der Waals surface area contributed by atoms with Crippen molar-refractivity contribution in [3.63, 3.8) is 0 Å².